The molecule has 1 heterocycles. The first-order chi connectivity index (χ1) is 9.96. The van der Waals surface area contributed by atoms with Crippen molar-refractivity contribution in [2.75, 3.05) is 27.4 Å². The van der Waals surface area contributed by atoms with Crippen LogP contribution in [0.25, 0.3) is 0 Å². The third kappa shape index (κ3) is 4.12. The highest BCUT2D eigenvalue weighted by Crippen LogP contribution is 2.22. The van der Waals surface area contributed by atoms with Gasteiger partial charge in [0.2, 0.25) is 5.91 Å². The lowest BCUT2D eigenvalue weighted by molar-refractivity contribution is -0.139. The molecule has 124 valence electrons. The highest BCUT2D eigenvalue weighted by atomic mass is 35.5. The predicted molar refractivity (Wildman–Crippen MR) is 88.4 cm³/mol. The van der Waals surface area contributed by atoms with E-state index in [9.17, 15) is 4.79 Å². The molecular weight excluding hydrogens is 304 g/mol. The number of amides is 1. The zero-order valence-corrected chi connectivity index (χ0v) is 14.2. The molecule has 1 aromatic carbocycles. The van der Waals surface area contributed by atoms with Crippen LogP contribution in [0.15, 0.2) is 18.2 Å². The van der Waals surface area contributed by atoms with Crippen LogP contribution in [0.1, 0.15) is 24.0 Å². The molecule has 0 spiro atoms. The lowest BCUT2D eigenvalue weighted by Crippen LogP contribution is -2.57. The van der Waals surface area contributed by atoms with Gasteiger partial charge in [-0.05, 0) is 37.0 Å². The lowest BCUT2D eigenvalue weighted by Gasteiger charge is -2.35. The SMILES string of the molecule is COc1ccc(CN(C)C(=O)C2(N)CCOCC2)cc1C.Cl. The molecule has 0 atom stereocenters. The normalized spacial score (nSPS) is 16.5. The van der Waals surface area contributed by atoms with E-state index < -0.39 is 5.54 Å². The highest BCUT2D eigenvalue weighted by molar-refractivity contribution is 5.86. The first-order valence-corrected chi connectivity index (χ1v) is 7.22. The van der Waals surface area contributed by atoms with Gasteiger partial charge in [-0.3, -0.25) is 4.79 Å². The van der Waals surface area contributed by atoms with Gasteiger partial charge < -0.3 is 20.1 Å². The van der Waals surface area contributed by atoms with E-state index >= 15 is 0 Å². The van der Waals surface area contributed by atoms with Gasteiger partial charge in [0.1, 0.15) is 5.75 Å². The molecule has 2 rings (SSSR count). The topological polar surface area (TPSA) is 64.8 Å². The molecule has 1 aliphatic rings. The van der Waals surface area contributed by atoms with E-state index in [1.165, 1.54) is 0 Å². The van der Waals surface area contributed by atoms with Crippen molar-refractivity contribution in [3.63, 3.8) is 0 Å². The molecular formula is C16H25ClN2O3. The van der Waals surface area contributed by atoms with Gasteiger partial charge >= 0.3 is 0 Å². The number of hydrogen-bond donors (Lipinski definition) is 1. The number of carbonyl (C=O) groups is 1. The summed E-state index contributed by atoms with van der Waals surface area (Å²) >= 11 is 0. The van der Waals surface area contributed by atoms with Crippen LogP contribution in [0.5, 0.6) is 5.75 Å². The molecule has 1 fully saturated rings. The average molecular weight is 329 g/mol. The fraction of sp³-hybridized carbons (Fsp3) is 0.562. The molecule has 6 heteroatoms. The minimum Gasteiger partial charge on any atom is -0.496 e. The minimum atomic E-state index is -0.783. The van der Waals surface area contributed by atoms with Crippen molar-refractivity contribution in [1.29, 1.82) is 0 Å². The van der Waals surface area contributed by atoms with Gasteiger partial charge in [0.25, 0.3) is 0 Å². The van der Waals surface area contributed by atoms with Crippen molar-refractivity contribution in [3.05, 3.63) is 29.3 Å². The van der Waals surface area contributed by atoms with Gasteiger partial charge in [0.05, 0.1) is 12.6 Å². The van der Waals surface area contributed by atoms with Crippen LogP contribution < -0.4 is 10.5 Å². The summed E-state index contributed by atoms with van der Waals surface area (Å²) in [6.45, 7) is 3.64. The Labute approximate surface area is 138 Å². The first-order valence-electron chi connectivity index (χ1n) is 7.22. The number of aryl methyl sites for hydroxylation is 1. The van der Waals surface area contributed by atoms with Crippen molar-refractivity contribution in [2.45, 2.75) is 31.8 Å². The summed E-state index contributed by atoms with van der Waals surface area (Å²) in [5.74, 6) is 0.840. The second-order valence-electron chi connectivity index (χ2n) is 5.73. The Bertz CT molecular complexity index is 516. The molecule has 5 nitrogen and oxygen atoms in total. The highest BCUT2D eigenvalue weighted by Gasteiger charge is 2.37. The van der Waals surface area contributed by atoms with E-state index in [-0.39, 0.29) is 18.3 Å². The standard InChI is InChI=1S/C16H24N2O3.ClH/c1-12-10-13(4-5-14(12)20-3)11-18(2)15(19)16(17)6-8-21-9-7-16;/h4-5,10H,6-9,11,17H2,1-3H3;1H. The maximum Gasteiger partial charge on any atom is 0.242 e. The number of benzene rings is 1. The zero-order chi connectivity index (χ0) is 15.5. The van der Waals surface area contributed by atoms with Gasteiger partial charge in [0.15, 0.2) is 0 Å². The first kappa shape index (κ1) is 18.7. The van der Waals surface area contributed by atoms with E-state index in [2.05, 4.69) is 0 Å². The Morgan fingerprint density at radius 1 is 1.41 bits per heavy atom. The lowest BCUT2D eigenvalue weighted by atomic mass is 9.89. The van der Waals surface area contributed by atoms with Crippen LogP contribution in [0.3, 0.4) is 0 Å². The van der Waals surface area contributed by atoms with Crippen LogP contribution in [0.4, 0.5) is 0 Å². The second kappa shape index (κ2) is 7.81. The number of nitrogens with two attached hydrogens (primary N) is 1. The van der Waals surface area contributed by atoms with Crippen molar-refractivity contribution in [3.8, 4) is 5.75 Å². The summed E-state index contributed by atoms with van der Waals surface area (Å²) in [5.41, 5.74) is 7.59. The Balaban J connectivity index is 0.00000242. The van der Waals surface area contributed by atoms with Crippen LogP contribution in [0.2, 0.25) is 0 Å². The molecule has 1 aliphatic heterocycles. The summed E-state index contributed by atoms with van der Waals surface area (Å²) in [4.78, 5) is 14.3. The third-order valence-corrected chi connectivity index (χ3v) is 4.04. The van der Waals surface area contributed by atoms with E-state index in [1.54, 1.807) is 19.1 Å². The van der Waals surface area contributed by atoms with Crippen LogP contribution in [0, 0.1) is 6.92 Å². The smallest absolute Gasteiger partial charge is 0.242 e. The molecule has 0 bridgehead atoms. The van der Waals surface area contributed by atoms with Crippen molar-refractivity contribution in [2.24, 2.45) is 5.73 Å². The molecule has 1 amide bonds. The molecule has 22 heavy (non-hydrogen) atoms. The molecule has 2 N–H and O–H groups in total. The molecule has 0 aliphatic carbocycles. The largest absolute Gasteiger partial charge is 0.496 e. The number of ether oxygens (including phenoxy) is 2. The second-order valence-corrected chi connectivity index (χ2v) is 5.73. The number of hydrogen-bond acceptors (Lipinski definition) is 4. The van der Waals surface area contributed by atoms with Crippen molar-refractivity contribution >= 4 is 18.3 Å². The molecule has 0 radical (unpaired) electrons. The number of nitrogens with zero attached hydrogens (tertiary/aromatic N) is 1. The quantitative estimate of drug-likeness (QED) is 0.916. The van der Waals surface area contributed by atoms with Crippen molar-refractivity contribution in [1.82, 2.24) is 4.90 Å². The van der Waals surface area contributed by atoms with Crippen LogP contribution >= 0.6 is 12.4 Å². The van der Waals surface area contributed by atoms with E-state index in [1.807, 2.05) is 25.1 Å². The molecule has 0 saturated carbocycles. The monoisotopic (exact) mass is 328 g/mol. The Morgan fingerprint density at radius 3 is 2.59 bits per heavy atom. The minimum absolute atomic E-state index is 0. The van der Waals surface area contributed by atoms with E-state index in [0.29, 0.717) is 32.6 Å². The summed E-state index contributed by atoms with van der Waals surface area (Å²) in [6.07, 6.45) is 1.16. The van der Waals surface area contributed by atoms with E-state index in [0.717, 1.165) is 16.9 Å². The zero-order valence-electron chi connectivity index (χ0n) is 13.4. The predicted octanol–water partition coefficient (Wildman–Crippen LogP) is 1.89. The van der Waals surface area contributed by atoms with Gasteiger partial charge in [-0.25, -0.2) is 0 Å². The third-order valence-electron chi connectivity index (χ3n) is 4.04. The maximum atomic E-state index is 12.6. The number of carbonyl (C=O) groups excluding carboxylic acids is 1. The number of likely N-dealkylation sites (N-methyl/N-ethyl adjacent to an activating group) is 1. The molecule has 0 unspecified atom stereocenters. The summed E-state index contributed by atoms with van der Waals surface area (Å²) in [6, 6.07) is 5.94. The summed E-state index contributed by atoms with van der Waals surface area (Å²) in [5, 5.41) is 0. The number of halogens is 1. The van der Waals surface area contributed by atoms with Crippen molar-refractivity contribution < 1.29 is 14.3 Å². The van der Waals surface area contributed by atoms with Gasteiger partial charge in [-0.1, -0.05) is 12.1 Å². The Morgan fingerprint density at radius 2 is 2.05 bits per heavy atom. The Hall–Kier alpha value is -1.30. The van der Waals surface area contributed by atoms with E-state index in [4.69, 9.17) is 15.2 Å². The molecule has 1 aromatic rings. The summed E-state index contributed by atoms with van der Waals surface area (Å²) < 4.78 is 10.5. The fourth-order valence-electron chi connectivity index (χ4n) is 2.71. The van der Waals surface area contributed by atoms with Crippen LogP contribution in [-0.2, 0) is 16.1 Å². The molecule has 1 saturated heterocycles. The average Bonchev–Trinajstić information content (AvgIpc) is 2.47. The van der Waals surface area contributed by atoms with Gasteiger partial charge in [-0.15, -0.1) is 12.4 Å². The van der Waals surface area contributed by atoms with Gasteiger partial charge in [0, 0.05) is 26.8 Å². The number of rotatable bonds is 4. The summed E-state index contributed by atoms with van der Waals surface area (Å²) in [7, 11) is 3.45. The fourth-order valence-corrected chi connectivity index (χ4v) is 2.71. The Kier molecular flexibility index (Phi) is 6.66. The molecule has 0 aromatic heterocycles. The van der Waals surface area contributed by atoms with Gasteiger partial charge in [-0.2, -0.15) is 0 Å². The number of methoxy groups -OCH3 is 1. The van der Waals surface area contributed by atoms with Crippen LogP contribution in [-0.4, -0.2) is 43.7 Å². The maximum absolute atomic E-state index is 12.6.